The lowest BCUT2D eigenvalue weighted by molar-refractivity contribution is -0.138. The second-order valence-electron chi connectivity index (χ2n) is 11.1. The van der Waals surface area contributed by atoms with Gasteiger partial charge in [-0.1, -0.05) is 12.1 Å². The molecule has 0 bridgehead atoms. The molecule has 1 saturated carbocycles. The molecule has 1 aromatic heterocycles. The minimum atomic E-state index is -4.62. The van der Waals surface area contributed by atoms with Gasteiger partial charge in [-0.2, -0.15) is 13.2 Å². The quantitative estimate of drug-likeness (QED) is 0.436. The fraction of sp³-hybridized carbons (Fsp3) is 0.464. The number of benzene rings is 2. The largest absolute Gasteiger partial charge is 0.416 e. The van der Waals surface area contributed by atoms with E-state index in [1.165, 1.54) is 17.9 Å². The van der Waals surface area contributed by atoms with Gasteiger partial charge in [0.2, 0.25) is 0 Å². The molecule has 1 N–H and O–H groups in total. The number of nitrogens with zero attached hydrogens (tertiary/aromatic N) is 4. The zero-order valence-electron chi connectivity index (χ0n) is 21.6. The van der Waals surface area contributed by atoms with E-state index in [-0.39, 0.29) is 42.1 Å². The van der Waals surface area contributed by atoms with E-state index in [0.717, 1.165) is 17.5 Å². The molecule has 206 valence electrons. The number of ether oxygens (including phenoxy) is 1. The molecule has 39 heavy (non-hydrogen) atoms. The number of aromatic nitrogens is 3. The summed E-state index contributed by atoms with van der Waals surface area (Å²) in [6.07, 6.45) is -2.36. The third-order valence-electron chi connectivity index (χ3n) is 8.05. The number of aryl methyl sites for hydroxylation is 1. The molecular weight excluding hydrogens is 514 g/mol. The van der Waals surface area contributed by atoms with Gasteiger partial charge < -0.3 is 19.5 Å². The highest BCUT2D eigenvalue weighted by Gasteiger charge is 2.42. The van der Waals surface area contributed by atoms with Crippen molar-refractivity contribution in [3.63, 3.8) is 0 Å². The molecule has 1 amide bonds. The summed E-state index contributed by atoms with van der Waals surface area (Å²) in [7, 11) is 1.86. The highest BCUT2D eigenvalue weighted by atomic mass is 19.4. The van der Waals surface area contributed by atoms with Crippen LogP contribution >= 0.6 is 0 Å². The Morgan fingerprint density at radius 3 is 2.59 bits per heavy atom. The number of amides is 1. The first-order chi connectivity index (χ1) is 18.5. The molecule has 0 spiro atoms. The zero-order chi connectivity index (χ0) is 27.5. The van der Waals surface area contributed by atoms with E-state index in [4.69, 9.17) is 4.74 Å². The first kappa shape index (κ1) is 25.9. The summed E-state index contributed by atoms with van der Waals surface area (Å²) in [5.74, 6) is 0.323. The van der Waals surface area contributed by atoms with Gasteiger partial charge in [0.25, 0.3) is 5.91 Å². The topological polar surface area (TPSA) is 72.3 Å². The first-order valence-electron chi connectivity index (χ1n) is 13.0. The van der Waals surface area contributed by atoms with Crippen LogP contribution in [0.1, 0.15) is 64.1 Å². The Balaban J connectivity index is 1.30. The summed E-state index contributed by atoms with van der Waals surface area (Å²) in [5.41, 5.74) is -0.268. The van der Waals surface area contributed by atoms with Crippen molar-refractivity contribution in [1.29, 1.82) is 0 Å². The van der Waals surface area contributed by atoms with Crippen LogP contribution in [0.25, 0.3) is 0 Å². The lowest BCUT2D eigenvalue weighted by atomic mass is 9.79. The van der Waals surface area contributed by atoms with Crippen molar-refractivity contribution in [3.8, 4) is 0 Å². The molecule has 3 aromatic rings. The van der Waals surface area contributed by atoms with Gasteiger partial charge in [0.15, 0.2) is 0 Å². The summed E-state index contributed by atoms with van der Waals surface area (Å²) >= 11 is 0. The van der Waals surface area contributed by atoms with Gasteiger partial charge in [0.1, 0.15) is 17.8 Å². The molecule has 6 rings (SSSR count). The lowest BCUT2D eigenvalue weighted by Gasteiger charge is -2.39. The first-order valence-corrected chi connectivity index (χ1v) is 13.0. The van der Waals surface area contributed by atoms with Crippen molar-refractivity contribution < 1.29 is 27.1 Å². The van der Waals surface area contributed by atoms with Gasteiger partial charge in [0, 0.05) is 36.8 Å². The highest BCUT2D eigenvalue weighted by molar-refractivity contribution is 6.10. The fourth-order valence-corrected chi connectivity index (χ4v) is 5.94. The van der Waals surface area contributed by atoms with E-state index < -0.39 is 23.3 Å². The Hall–Kier alpha value is -3.31. The van der Waals surface area contributed by atoms with Crippen LogP contribution in [0.15, 0.2) is 42.7 Å². The molecule has 11 heteroatoms. The zero-order valence-corrected chi connectivity index (χ0v) is 21.6. The maximum Gasteiger partial charge on any atom is 0.416 e. The molecule has 3 heterocycles. The second kappa shape index (κ2) is 9.41. The van der Waals surface area contributed by atoms with Crippen LogP contribution in [-0.4, -0.2) is 45.6 Å². The molecule has 2 aromatic carbocycles. The Morgan fingerprint density at radius 2 is 1.97 bits per heavy atom. The third kappa shape index (κ3) is 4.82. The number of rotatable bonds is 7. The predicted molar refractivity (Wildman–Crippen MR) is 135 cm³/mol. The predicted octanol–water partition coefficient (Wildman–Crippen LogP) is 4.75. The van der Waals surface area contributed by atoms with Crippen LogP contribution in [0.2, 0.25) is 0 Å². The summed E-state index contributed by atoms with van der Waals surface area (Å²) in [4.78, 5) is 14.9. The smallest absolute Gasteiger partial charge is 0.381 e. The molecule has 2 fully saturated rings. The maximum atomic E-state index is 14.1. The normalized spacial score (nSPS) is 23.9. The van der Waals surface area contributed by atoms with Crippen molar-refractivity contribution in [3.05, 3.63) is 76.4 Å². The number of hydrogen-bond acceptors (Lipinski definition) is 5. The molecule has 2 aliphatic heterocycles. The van der Waals surface area contributed by atoms with Crippen molar-refractivity contribution in [2.45, 2.75) is 56.7 Å². The Kier molecular flexibility index (Phi) is 6.26. The van der Waals surface area contributed by atoms with Crippen LogP contribution in [0.4, 0.5) is 23.2 Å². The number of carbonyl (C=O) groups excluding carboxylic acids is 1. The lowest BCUT2D eigenvalue weighted by Crippen LogP contribution is -2.48. The minimum Gasteiger partial charge on any atom is -0.381 e. The van der Waals surface area contributed by atoms with Crippen molar-refractivity contribution in [1.82, 2.24) is 20.1 Å². The third-order valence-corrected chi connectivity index (χ3v) is 8.05. The van der Waals surface area contributed by atoms with Gasteiger partial charge in [-0.15, -0.1) is 10.2 Å². The van der Waals surface area contributed by atoms with Crippen molar-refractivity contribution in [2.24, 2.45) is 13.0 Å². The fourth-order valence-electron chi connectivity index (χ4n) is 5.94. The van der Waals surface area contributed by atoms with Gasteiger partial charge in [-0.3, -0.25) is 4.79 Å². The van der Waals surface area contributed by atoms with Gasteiger partial charge in [0.05, 0.1) is 31.2 Å². The average molecular weight is 544 g/mol. The van der Waals surface area contributed by atoms with Crippen LogP contribution in [-0.2, 0) is 31.1 Å². The number of alkyl halides is 4. The summed E-state index contributed by atoms with van der Waals surface area (Å²) in [6, 6.07) is 9.86. The van der Waals surface area contributed by atoms with Crippen molar-refractivity contribution in [2.75, 3.05) is 18.1 Å². The standard InChI is InChI=1S/C28H29F4N5O2/c1-27(29)9-19(10-27)33-11-16-6-21-22(23(7-16)28(30,31)32)12-37(26(21)38)20-5-3-4-17(8-20)24(18-13-39-14-18)25-35-34-15-36(25)2/h3-8,15,18-19,24,33H,9-14H2,1-2H3/t19?,24-,27?/m0/s1. The van der Waals surface area contributed by atoms with E-state index in [1.54, 1.807) is 18.5 Å². The number of fused-ring (bicyclic) bond motifs is 1. The van der Waals surface area contributed by atoms with E-state index in [2.05, 4.69) is 15.5 Å². The summed E-state index contributed by atoms with van der Waals surface area (Å²) in [6.45, 7) is 2.59. The SMILES string of the molecule is Cn1cnnc1[C@@H](c1cccc(N2Cc3c(cc(CNC4CC(C)(F)C4)cc3C(F)(F)F)C2=O)c1)C1COC1. The minimum absolute atomic E-state index is 0.0288. The van der Waals surface area contributed by atoms with E-state index >= 15 is 0 Å². The molecule has 0 unspecified atom stereocenters. The number of carbonyl (C=O) groups is 1. The van der Waals surface area contributed by atoms with E-state index in [9.17, 15) is 22.4 Å². The van der Waals surface area contributed by atoms with Gasteiger partial charge >= 0.3 is 6.18 Å². The summed E-state index contributed by atoms with van der Waals surface area (Å²) < 4.78 is 63.5. The van der Waals surface area contributed by atoms with E-state index in [1.807, 2.05) is 23.7 Å². The van der Waals surface area contributed by atoms with Crippen LogP contribution < -0.4 is 10.2 Å². The number of hydrogen-bond donors (Lipinski definition) is 1. The monoisotopic (exact) mass is 543 g/mol. The number of nitrogens with one attached hydrogen (secondary N) is 1. The number of anilines is 1. The molecule has 1 atom stereocenters. The van der Waals surface area contributed by atoms with Gasteiger partial charge in [-0.05, 0) is 60.7 Å². The number of halogens is 4. The maximum absolute atomic E-state index is 14.1. The average Bonchev–Trinajstić information content (AvgIpc) is 3.40. The molecular formula is C28H29F4N5O2. The highest BCUT2D eigenvalue weighted by Crippen LogP contribution is 2.42. The van der Waals surface area contributed by atoms with Crippen molar-refractivity contribution >= 4 is 11.6 Å². The molecule has 1 saturated heterocycles. The van der Waals surface area contributed by atoms with Crippen LogP contribution in [0.5, 0.6) is 0 Å². The Labute approximate surface area is 223 Å². The Morgan fingerprint density at radius 1 is 1.21 bits per heavy atom. The molecule has 0 radical (unpaired) electrons. The molecule has 1 aliphatic carbocycles. The molecule has 7 nitrogen and oxygen atoms in total. The van der Waals surface area contributed by atoms with Gasteiger partial charge in [-0.25, -0.2) is 4.39 Å². The van der Waals surface area contributed by atoms with E-state index in [0.29, 0.717) is 37.3 Å². The van der Waals surface area contributed by atoms with Crippen LogP contribution in [0.3, 0.4) is 0 Å². The molecule has 3 aliphatic rings. The second-order valence-corrected chi connectivity index (χ2v) is 11.1. The Bertz CT molecular complexity index is 1410. The van der Waals surface area contributed by atoms with Crippen LogP contribution in [0, 0.1) is 5.92 Å². The summed E-state index contributed by atoms with van der Waals surface area (Å²) in [5, 5.41) is 11.4.